The van der Waals surface area contributed by atoms with Gasteiger partial charge in [-0.2, -0.15) is 4.68 Å². The molecule has 0 aliphatic rings. The molecule has 3 N–H and O–H groups in total. The first-order valence-electron chi connectivity index (χ1n) is 8.13. The number of hydrogen-bond acceptors (Lipinski definition) is 8. The van der Waals surface area contributed by atoms with Crippen LogP contribution in [0.5, 0.6) is 11.5 Å². The predicted octanol–water partition coefficient (Wildman–Crippen LogP) is 3.06. The summed E-state index contributed by atoms with van der Waals surface area (Å²) in [6, 6.07) is 12.5. The van der Waals surface area contributed by atoms with Crippen LogP contribution in [0.2, 0.25) is 5.02 Å². The van der Waals surface area contributed by atoms with Crippen molar-refractivity contribution in [2.24, 2.45) is 0 Å². The van der Waals surface area contributed by atoms with E-state index in [2.05, 4.69) is 15.5 Å². The molecule has 146 valence electrons. The van der Waals surface area contributed by atoms with E-state index in [1.165, 1.54) is 18.9 Å². The molecule has 28 heavy (non-hydrogen) atoms. The van der Waals surface area contributed by atoms with Crippen molar-refractivity contribution in [3.05, 3.63) is 63.4 Å². The Labute approximate surface area is 170 Å². The summed E-state index contributed by atoms with van der Waals surface area (Å²) >= 11 is 7.18. The molecule has 8 nitrogen and oxygen atoms in total. The second kappa shape index (κ2) is 8.85. The fraction of sp³-hybridized carbons (Fsp3) is 0.167. The number of nitrogens with zero attached hydrogens (tertiary/aromatic N) is 3. The Morgan fingerprint density at radius 3 is 2.57 bits per heavy atom. The van der Waals surface area contributed by atoms with E-state index in [0.29, 0.717) is 33.1 Å². The maximum absolute atomic E-state index is 12.5. The molecule has 0 amide bonds. The van der Waals surface area contributed by atoms with Gasteiger partial charge in [-0.3, -0.25) is 4.79 Å². The van der Waals surface area contributed by atoms with Crippen molar-refractivity contribution in [3.8, 4) is 11.5 Å². The topological polar surface area (TPSA) is 104 Å². The number of ether oxygens (including phenoxy) is 2. The van der Waals surface area contributed by atoms with Crippen molar-refractivity contribution >= 4 is 34.9 Å². The van der Waals surface area contributed by atoms with Crippen molar-refractivity contribution in [2.75, 3.05) is 25.4 Å². The predicted molar refractivity (Wildman–Crippen MR) is 110 cm³/mol. The van der Waals surface area contributed by atoms with Crippen molar-refractivity contribution in [3.63, 3.8) is 0 Å². The summed E-state index contributed by atoms with van der Waals surface area (Å²) in [7, 11) is 3.07. The minimum atomic E-state index is -0.508. The molecular formula is C18H18ClN5O3S. The lowest BCUT2D eigenvalue weighted by atomic mass is 10.2. The van der Waals surface area contributed by atoms with Crippen molar-refractivity contribution in [1.82, 2.24) is 14.9 Å². The Balaban J connectivity index is 1.78. The Bertz CT molecular complexity index is 1030. The van der Waals surface area contributed by atoms with Crippen molar-refractivity contribution in [1.29, 1.82) is 0 Å². The van der Waals surface area contributed by atoms with Crippen LogP contribution in [0.3, 0.4) is 0 Å². The maximum atomic E-state index is 12.5. The van der Waals surface area contributed by atoms with E-state index < -0.39 is 5.56 Å². The van der Waals surface area contributed by atoms with E-state index in [1.54, 1.807) is 37.4 Å². The Morgan fingerprint density at radius 1 is 1.14 bits per heavy atom. The minimum Gasteiger partial charge on any atom is -0.497 e. The molecule has 0 saturated heterocycles. The summed E-state index contributed by atoms with van der Waals surface area (Å²) in [6.45, 7) is 0. The molecule has 0 bridgehead atoms. The van der Waals surface area contributed by atoms with Gasteiger partial charge in [-0.15, -0.1) is 10.2 Å². The molecule has 10 heteroatoms. The Hall–Kier alpha value is -2.91. The zero-order chi connectivity index (χ0) is 20.1. The second-order valence-electron chi connectivity index (χ2n) is 5.61. The van der Waals surface area contributed by atoms with Gasteiger partial charge in [-0.05, 0) is 29.8 Å². The number of nitrogens with two attached hydrogens (primary N) is 1. The third-order valence-corrected chi connectivity index (χ3v) is 5.07. The fourth-order valence-corrected chi connectivity index (χ4v) is 3.25. The molecule has 0 aliphatic heterocycles. The summed E-state index contributed by atoms with van der Waals surface area (Å²) in [4.78, 5) is 12.5. The number of halogens is 1. The number of thioether (sulfide) groups is 1. The molecule has 0 radical (unpaired) electrons. The molecule has 0 fully saturated rings. The highest BCUT2D eigenvalue weighted by Gasteiger charge is 2.13. The number of hydrogen-bond donors (Lipinski definition) is 2. The molecule has 0 aliphatic carbocycles. The molecule has 0 spiro atoms. The summed E-state index contributed by atoms with van der Waals surface area (Å²) < 4.78 is 11.4. The van der Waals surface area contributed by atoms with E-state index >= 15 is 0 Å². The lowest BCUT2D eigenvalue weighted by molar-refractivity contribution is 0.395. The largest absolute Gasteiger partial charge is 0.497 e. The SMILES string of the molecule is COc1ccc(Nc2nnc(SCc3ccc(Cl)cc3)n(N)c2=O)c(OC)c1. The average Bonchev–Trinajstić information content (AvgIpc) is 2.72. The maximum Gasteiger partial charge on any atom is 0.315 e. The van der Waals surface area contributed by atoms with Gasteiger partial charge in [0.1, 0.15) is 11.5 Å². The van der Waals surface area contributed by atoms with Gasteiger partial charge < -0.3 is 20.6 Å². The molecule has 1 aromatic heterocycles. The highest BCUT2D eigenvalue weighted by Crippen LogP contribution is 2.30. The molecular weight excluding hydrogens is 402 g/mol. The van der Waals surface area contributed by atoms with Crippen LogP contribution < -0.4 is 26.2 Å². The van der Waals surface area contributed by atoms with E-state index in [-0.39, 0.29) is 5.82 Å². The van der Waals surface area contributed by atoms with E-state index in [0.717, 1.165) is 10.2 Å². The van der Waals surface area contributed by atoms with E-state index in [4.69, 9.17) is 26.9 Å². The van der Waals surface area contributed by atoms with Gasteiger partial charge in [-0.25, -0.2) is 0 Å². The summed E-state index contributed by atoms with van der Waals surface area (Å²) in [5, 5.41) is 11.9. The van der Waals surface area contributed by atoms with Crippen LogP contribution in [-0.2, 0) is 5.75 Å². The first-order valence-corrected chi connectivity index (χ1v) is 9.49. The minimum absolute atomic E-state index is 0.0122. The highest BCUT2D eigenvalue weighted by atomic mass is 35.5. The van der Waals surface area contributed by atoms with E-state index in [9.17, 15) is 4.79 Å². The lowest BCUT2D eigenvalue weighted by Gasteiger charge is -2.12. The van der Waals surface area contributed by atoms with Gasteiger partial charge in [0, 0.05) is 16.8 Å². The first kappa shape index (κ1) is 19.8. The van der Waals surface area contributed by atoms with Crippen molar-refractivity contribution in [2.45, 2.75) is 10.9 Å². The quantitative estimate of drug-likeness (QED) is 0.444. The molecule has 0 atom stereocenters. The second-order valence-corrected chi connectivity index (χ2v) is 6.99. The van der Waals surface area contributed by atoms with Crippen LogP contribution in [0.1, 0.15) is 5.56 Å². The first-order chi connectivity index (χ1) is 13.5. The molecule has 1 heterocycles. The van der Waals surface area contributed by atoms with Crippen LogP contribution in [0.4, 0.5) is 11.5 Å². The molecule has 0 unspecified atom stereocenters. The lowest BCUT2D eigenvalue weighted by Crippen LogP contribution is -2.32. The third kappa shape index (κ3) is 4.49. The molecule has 3 rings (SSSR count). The monoisotopic (exact) mass is 419 g/mol. The average molecular weight is 420 g/mol. The Morgan fingerprint density at radius 2 is 1.89 bits per heavy atom. The van der Waals surface area contributed by atoms with Crippen molar-refractivity contribution < 1.29 is 9.47 Å². The molecule has 3 aromatic rings. The summed E-state index contributed by atoms with van der Waals surface area (Å²) in [5.41, 5.74) is 1.05. The van der Waals surface area contributed by atoms with Gasteiger partial charge in [0.15, 0.2) is 0 Å². The number of anilines is 2. The number of nitrogen functional groups attached to an aromatic ring is 1. The Kier molecular flexibility index (Phi) is 6.27. The number of aromatic nitrogens is 3. The smallest absolute Gasteiger partial charge is 0.315 e. The molecule has 0 saturated carbocycles. The van der Waals surface area contributed by atoms with E-state index in [1.807, 2.05) is 12.1 Å². The standard InChI is InChI=1S/C18H18ClN5O3S/c1-26-13-7-8-14(15(9-13)27-2)21-16-17(25)24(20)18(23-22-16)28-10-11-3-5-12(19)6-4-11/h3-9H,10,20H2,1-2H3,(H,21,22). The van der Waals surface area contributed by atoms with Crippen LogP contribution in [0, 0.1) is 0 Å². The number of rotatable bonds is 7. The number of methoxy groups -OCH3 is 2. The van der Waals surface area contributed by atoms with Gasteiger partial charge in [0.2, 0.25) is 11.0 Å². The number of benzene rings is 2. The third-order valence-electron chi connectivity index (χ3n) is 3.81. The van der Waals surface area contributed by atoms with Crippen LogP contribution in [0.25, 0.3) is 0 Å². The zero-order valence-electron chi connectivity index (χ0n) is 15.2. The van der Waals surface area contributed by atoms with Gasteiger partial charge in [0.05, 0.1) is 19.9 Å². The molecule has 2 aromatic carbocycles. The highest BCUT2D eigenvalue weighted by molar-refractivity contribution is 7.98. The van der Waals surface area contributed by atoms with Crippen LogP contribution >= 0.6 is 23.4 Å². The summed E-state index contributed by atoms with van der Waals surface area (Å²) in [6.07, 6.45) is 0. The fourth-order valence-electron chi connectivity index (χ4n) is 2.32. The van der Waals surface area contributed by atoms with Gasteiger partial charge in [0.25, 0.3) is 0 Å². The normalized spacial score (nSPS) is 10.5. The van der Waals surface area contributed by atoms with Gasteiger partial charge in [-0.1, -0.05) is 35.5 Å². The summed E-state index contributed by atoms with van der Waals surface area (Å²) in [5.74, 6) is 7.58. The van der Waals surface area contributed by atoms with Crippen LogP contribution in [-0.4, -0.2) is 29.1 Å². The van der Waals surface area contributed by atoms with Crippen LogP contribution in [0.15, 0.2) is 52.4 Å². The number of nitrogens with one attached hydrogen (secondary N) is 1. The van der Waals surface area contributed by atoms with Gasteiger partial charge >= 0.3 is 5.56 Å². The zero-order valence-corrected chi connectivity index (χ0v) is 16.8.